The number of benzene rings is 1. The van der Waals surface area contributed by atoms with Gasteiger partial charge in [0, 0.05) is 6.04 Å². The molecule has 0 spiro atoms. The van der Waals surface area contributed by atoms with Gasteiger partial charge in [-0.2, -0.15) is 0 Å². The van der Waals surface area contributed by atoms with Crippen molar-refractivity contribution >= 4 is 11.9 Å². The van der Waals surface area contributed by atoms with Crippen LogP contribution < -0.4 is 10.1 Å². The lowest BCUT2D eigenvalue weighted by Gasteiger charge is -2.32. The third-order valence-electron chi connectivity index (χ3n) is 3.55. The second kappa shape index (κ2) is 5.94. The molecule has 0 atom stereocenters. The maximum Gasteiger partial charge on any atom is 0.306 e. The van der Waals surface area contributed by atoms with Crippen molar-refractivity contribution in [2.24, 2.45) is 5.92 Å². The fourth-order valence-corrected chi connectivity index (χ4v) is 2.21. The molecule has 1 aliphatic rings. The van der Waals surface area contributed by atoms with Gasteiger partial charge in [-0.05, 0) is 43.9 Å². The highest BCUT2D eigenvalue weighted by Crippen LogP contribution is 2.27. The first-order chi connectivity index (χ1) is 9.45. The molecule has 2 rings (SSSR count). The number of carbonyl (C=O) groups is 2. The van der Waals surface area contributed by atoms with Crippen LogP contribution >= 0.6 is 0 Å². The van der Waals surface area contributed by atoms with E-state index in [2.05, 4.69) is 5.32 Å². The molecule has 0 radical (unpaired) electrons. The molecule has 5 nitrogen and oxygen atoms in total. The zero-order chi connectivity index (χ0) is 14.7. The van der Waals surface area contributed by atoms with Crippen molar-refractivity contribution in [3.63, 3.8) is 0 Å². The number of amides is 1. The SMILES string of the molecule is Cc1ccc(C)c(OCC(=O)NC2CC(C(=O)O)C2)c1. The minimum Gasteiger partial charge on any atom is -0.483 e. The summed E-state index contributed by atoms with van der Waals surface area (Å²) < 4.78 is 5.49. The second-order valence-electron chi connectivity index (χ2n) is 5.33. The van der Waals surface area contributed by atoms with Gasteiger partial charge in [0.1, 0.15) is 5.75 Å². The van der Waals surface area contributed by atoms with E-state index in [-0.39, 0.29) is 24.5 Å². The molecule has 1 saturated carbocycles. The molecule has 0 saturated heterocycles. The summed E-state index contributed by atoms with van der Waals surface area (Å²) in [5, 5.41) is 11.5. The summed E-state index contributed by atoms with van der Waals surface area (Å²) in [4.78, 5) is 22.4. The van der Waals surface area contributed by atoms with Crippen LogP contribution in [0.4, 0.5) is 0 Å². The Bertz CT molecular complexity index is 521. The first-order valence-electron chi connectivity index (χ1n) is 6.68. The third kappa shape index (κ3) is 3.50. The molecule has 0 unspecified atom stereocenters. The largest absolute Gasteiger partial charge is 0.483 e. The van der Waals surface area contributed by atoms with Crippen molar-refractivity contribution in [3.8, 4) is 5.75 Å². The Kier molecular flexibility index (Phi) is 4.27. The molecular formula is C15H19NO4. The zero-order valence-electron chi connectivity index (χ0n) is 11.7. The van der Waals surface area contributed by atoms with Gasteiger partial charge in [-0.25, -0.2) is 0 Å². The van der Waals surface area contributed by atoms with E-state index in [1.807, 2.05) is 32.0 Å². The molecule has 0 bridgehead atoms. The first-order valence-corrected chi connectivity index (χ1v) is 6.68. The predicted molar refractivity (Wildman–Crippen MR) is 73.7 cm³/mol. The lowest BCUT2D eigenvalue weighted by Crippen LogP contribution is -2.48. The van der Waals surface area contributed by atoms with E-state index >= 15 is 0 Å². The molecule has 1 amide bonds. The van der Waals surface area contributed by atoms with Crippen LogP contribution in [0, 0.1) is 19.8 Å². The number of aliphatic carboxylic acids is 1. The van der Waals surface area contributed by atoms with Crippen molar-refractivity contribution in [2.45, 2.75) is 32.7 Å². The molecule has 0 aliphatic heterocycles. The number of carboxylic acids is 1. The van der Waals surface area contributed by atoms with Crippen LogP contribution in [0.1, 0.15) is 24.0 Å². The standard InChI is InChI=1S/C15H19NO4/c1-9-3-4-10(2)13(5-9)20-8-14(17)16-12-6-11(7-12)15(18)19/h3-5,11-12H,6-8H2,1-2H3,(H,16,17)(H,18,19). The zero-order valence-corrected chi connectivity index (χ0v) is 11.7. The molecule has 1 aromatic rings. The summed E-state index contributed by atoms with van der Waals surface area (Å²) >= 11 is 0. The van der Waals surface area contributed by atoms with Gasteiger partial charge in [-0.1, -0.05) is 12.1 Å². The number of carbonyl (C=O) groups excluding carboxylic acids is 1. The minimum atomic E-state index is -0.790. The number of aryl methyl sites for hydroxylation is 2. The van der Waals surface area contributed by atoms with Gasteiger partial charge in [-0.15, -0.1) is 0 Å². The molecule has 108 valence electrons. The maximum absolute atomic E-state index is 11.7. The fraction of sp³-hybridized carbons (Fsp3) is 0.467. The molecule has 0 aromatic heterocycles. The minimum absolute atomic E-state index is 0.0363. The van der Waals surface area contributed by atoms with Crippen molar-refractivity contribution in [3.05, 3.63) is 29.3 Å². The highest BCUT2D eigenvalue weighted by atomic mass is 16.5. The average molecular weight is 277 g/mol. The second-order valence-corrected chi connectivity index (χ2v) is 5.33. The molecule has 1 aromatic carbocycles. The van der Waals surface area contributed by atoms with E-state index in [0.717, 1.165) is 11.1 Å². The molecule has 1 aliphatic carbocycles. The van der Waals surface area contributed by atoms with E-state index in [1.54, 1.807) is 0 Å². The fourth-order valence-electron chi connectivity index (χ4n) is 2.21. The Labute approximate surface area is 117 Å². The van der Waals surface area contributed by atoms with Crippen LogP contribution in [-0.4, -0.2) is 29.6 Å². The van der Waals surface area contributed by atoms with E-state index in [4.69, 9.17) is 9.84 Å². The lowest BCUT2D eigenvalue weighted by molar-refractivity contribution is -0.146. The van der Waals surface area contributed by atoms with Crippen molar-refractivity contribution < 1.29 is 19.4 Å². The molecular weight excluding hydrogens is 258 g/mol. The van der Waals surface area contributed by atoms with Crippen LogP contribution in [0.3, 0.4) is 0 Å². The molecule has 0 heterocycles. The number of carboxylic acid groups (broad SMARTS) is 1. The molecule has 5 heteroatoms. The topological polar surface area (TPSA) is 75.6 Å². The summed E-state index contributed by atoms with van der Waals surface area (Å²) in [6.07, 6.45) is 1.01. The van der Waals surface area contributed by atoms with Crippen molar-refractivity contribution in [1.82, 2.24) is 5.32 Å². The molecule has 20 heavy (non-hydrogen) atoms. The normalized spacial score (nSPS) is 20.9. The quantitative estimate of drug-likeness (QED) is 0.858. The van der Waals surface area contributed by atoms with Gasteiger partial charge in [-0.3, -0.25) is 9.59 Å². The monoisotopic (exact) mass is 277 g/mol. The Morgan fingerprint density at radius 3 is 2.70 bits per heavy atom. The van der Waals surface area contributed by atoms with Crippen LogP contribution in [0.2, 0.25) is 0 Å². The summed E-state index contributed by atoms with van der Waals surface area (Å²) in [6, 6.07) is 5.80. The number of rotatable bonds is 5. The number of nitrogens with one attached hydrogen (secondary N) is 1. The summed E-state index contributed by atoms with van der Waals surface area (Å²) in [5.74, 6) is -0.612. The summed E-state index contributed by atoms with van der Waals surface area (Å²) in [6.45, 7) is 3.85. The smallest absolute Gasteiger partial charge is 0.306 e. The van der Waals surface area contributed by atoms with Gasteiger partial charge in [0.2, 0.25) is 0 Å². The van der Waals surface area contributed by atoms with Crippen LogP contribution in [0.15, 0.2) is 18.2 Å². The van der Waals surface area contributed by atoms with Gasteiger partial charge in [0.25, 0.3) is 5.91 Å². The van der Waals surface area contributed by atoms with Gasteiger partial charge in [0.15, 0.2) is 6.61 Å². The predicted octanol–water partition coefficient (Wildman–Crippen LogP) is 1.66. The van der Waals surface area contributed by atoms with E-state index in [0.29, 0.717) is 18.6 Å². The third-order valence-corrected chi connectivity index (χ3v) is 3.55. The Morgan fingerprint density at radius 2 is 2.05 bits per heavy atom. The van der Waals surface area contributed by atoms with Crippen LogP contribution in [0.25, 0.3) is 0 Å². The number of ether oxygens (including phenoxy) is 1. The average Bonchev–Trinajstić information content (AvgIpc) is 2.34. The van der Waals surface area contributed by atoms with Gasteiger partial charge < -0.3 is 15.2 Å². The Balaban J connectivity index is 1.76. The van der Waals surface area contributed by atoms with Crippen molar-refractivity contribution in [2.75, 3.05) is 6.61 Å². The van der Waals surface area contributed by atoms with E-state index < -0.39 is 5.97 Å². The Morgan fingerprint density at radius 1 is 1.35 bits per heavy atom. The highest BCUT2D eigenvalue weighted by Gasteiger charge is 2.35. The van der Waals surface area contributed by atoms with Crippen molar-refractivity contribution in [1.29, 1.82) is 0 Å². The van der Waals surface area contributed by atoms with Crippen LogP contribution in [-0.2, 0) is 9.59 Å². The van der Waals surface area contributed by atoms with Gasteiger partial charge in [0.05, 0.1) is 5.92 Å². The number of hydrogen-bond donors (Lipinski definition) is 2. The summed E-state index contributed by atoms with van der Waals surface area (Å²) in [7, 11) is 0. The maximum atomic E-state index is 11.7. The van der Waals surface area contributed by atoms with E-state index in [9.17, 15) is 9.59 Å². The summed E-state index contributed by atoms with van der Waals surface area (Å²) in [5.41, 5.74) is 2.06. The Hall–Kier alpha value is -2.04. The van der Waals surface area contributed by atoms with E-state index in [1.165, 1.54) is 0 Å². The van der Waals surface area contributed by atoms with Gasteiger partial charge >= 0.3 is 5.97 Å². The first kappa shape index (κ1) is 14.4. The highest BCUT2D eigenvalue weighted by molar-refractivity contribution is 5.78. The molecule has 2 N–H and O–H groups in total. The molecule has 1 fully saturated rings. The lowest BCUT2D eigenvalue weighted by atomic mass is 9.80. The number of hydrogen-bond acceptors (Lipinski definition) is 3. The van der Waals surface area contributed by atoms with Crippen LogP contribution in [0.5, 0.6) is 5.75 Å².